The largest absolute Gasteiger partial charge is 0.481 e. The van der Waals surface area contributed by atoms with E-state index in [1.54, 1.807) is 0 Å². The molecular formula is C86H97N5O2+2. The Bertz CT molecular complexity index is 4450. The van der Waals surface area contributed by atoms with E-state index in [9.17, 15) is 9.90 Å². The summed E-state index contributed by atoms with van der Waals surface area (Å²) >= 11 is 0. The summed E-state index contributed by atoms with van der Waals surface area (Å²) in [6.45, 7) is 27.3. The second-order valence-electron chi connectivity index (χ2n) is 27.7. The summed E-state index contributed by atoms with van der Waals surface area (Å²) < 4.78 is 5.02. The molecule has 0 atom stereocenters. The predicted molar refractivity (Wildman–Crippen MR) is 398 cm³/mol. The minimum Gasteiger partial charge on any atom is -0.481 e. The van der Waals surface area contributed by atoms with E-state index in [0.29, 0.717) is 13.1 Å². The SMILES string of the molecule is CCCCCN1C(=CC=CC=CC=CC2=[N+](CCCN)c3ccc4ccccc4c3C2(C)C)C(C)(C)c2c1ccc1ccccc21.CCCCC[N+]1=C(/C=C/C=C/C=C/C=C2/N(CCC(=O)O)c3ccc4ccccc4c3C2(C)C)C(C)(C)c2c1ccc1ccccc21. The number of carbonyl (C=O) groups is 1. The molecular weight excluding hydrogens is 1130 g/mol. The Balaban J connectivity index is 0.000000190. The number of fused-ring (bicyclic) bond motifs is 12. The highest BCUT2D eigenvalue weighted by molar-refractivity contribution is 6.09. The van der Waals surface area contributed by atoms with E-state index in [1.165, 1.54) is 138 Å². The fraction of sp³-hybridized carbons (Fsp3) is 0.314. The van der Waals surface area contributed by atoms with Crippen LogP contribution in [-0.4, -0.2) is 64.4 Å². The van der Waals surface area contributed by atoms with Gasteiger partial charge in [0.05, 0.1) is 17.3 Å². The van der Waals surface area contributed by atoms with Crippen molar-refractivity contribution in [3.05, 3.63) is 264 Å². The first-order chi connectivity index (χ1) is 45.0. The van der Waals surface area contributed by atoms with Crippen molar-refractivity contribution in [2.75, 3.05) is 42.5 Å². The van der Waals surface area contributed by atoms with Crippen LogP contribution < -0.4 is 15.5 Å². The number of allylic oxidation sites excluding steroid dienone is 16. The van der Waals surface area contributed by atoms with Gasteiger partial charge in [-0.25, -0.2) is 0 Å². The van der Waals surface area contributed by atoms with Gasteiger partial charge in [-0.15, -0.1) is 0 Å². The maximum Gasteiger partial charge on any atom is 0.305 e. The van der Waals surface area contributed by atoms with Gasteiger partial charge in [0.15, 0.2) is 18.0 Å². The summed E-state index contributed by atoms with van der Waals surface area (Å²) in [6.07, 6.45) is 38.7. The van der Waals surface area contributed by atoms with Gasteiger partial charge < -0.3 is 20.6 Å². The van der Waals surface area contributed by atoms with Crippen LogP contribution in [0.2, 0.25) is 0 Å². The van der Waals surface area contributed by atoms with Crippen molar-refractivity contribution in [1.29, 1.82) is 0 Å². The summed E-state index contributed by atoms with van der Waals surface area (Å²) in [7, 11) is 0. The van der Waals surface area contributed by atoms with E-state index >= 15 is 0 Å². The second kappa shape index (κ2) is 28.1. The average molecular weight is 1230 g/mol. The number of benzene rings is 8. The van der Waals surface area contributed by atoms with Gasteiger partial charge in [-0.2, -0.15) is 9.15 Å². The number of unbranched alkanes of at least 4 members (excludes halogenated alkanes) is 4. The average Bonchev–Trinajstić information content (AvgIpc) is 1.62. The molecule has 8 aromatic carbocycles. The first-order valence-corrected chi connectivity index (χ1v) is 34.3. The van der Waals surface area contributed by atoms with E-state index in [2.05, 4.69) is 319 Å². The molecule has 0 bridgehead atoms. The molecule has 4 aliphatic heterocycles. The molecule has 0 saturated carbocycles. The molecule has 4 aliphatic rings. The number of hydrogen-bond acceptors (Lipinski definition) is 4. The zero-order valence-corrected chi connectivity index (χ0v) is 56.9. The summed E-state index contributed by atoms with van der Waals surface area (Å²) in [5.74, 6) is -0.787. The van der Waals surface area contributed by atoms with E-state index in [1.807, 2.05) is 0 Å². The van der Waals surface area contributed by atoms with Crippen LogP contribution in [0.15, 0.2) is 242 Å². The molecule has 0 saturated heterocycles. The Labute approximate surface area is 554 Å². The van der Waals surface area contributed by atoms with Crippen molar-refractivity contribution < 1.29 is 19.1 Å². The molecule has 93 heavy (non-hydrogen) atoms. The fourth-order valence-electron chi connectivity index (χ4n) is 15.6. The summed E-state index contributed by atoms with van der Waals surface area (Å²) in [5.41, 5.74) is 21.2. The van der Waals surface area contributed by atoms with Gasteiger partial charge in [-0.05, 0) is 138 Å². The zero-order valence-electron chi connectivity index (χ0n) is 56.9. The van der Waals surface area contributed by atoms with Gasteiger partial charge in [0.1, 0.15) is 6.54 Å². The Hall–Kier alpha value is -8.91. The van der Waals surface area contributed by atoms with Gasteiger partial charge in [-0.1, -0.05) is 231 Å². The number of carboxylic acids is 1. The molecule has 0 fully saturated rings. The van der Waals surface area contributed by atoms with Crippen molar-refractivity contribution in [3.8, 4) is 0 Å². The quantitative estimate of drug-likeness (QED) is 0.0402. The van der Waals surface area contributed by atoms with Gasteiger partial charge >= 0.3 is 5.97 Å². The summed E-state index contributed by atoms with van der Waals surface area (Å²) in [6, 6.07) is 52.8. The first kappa shape index (κ1) is 65.6. The molecule has 8 aromatic rings. The van der Waals surface area contributed by atoms with Crippen LogP contribution in [0.1, 0.15) is 143 Å². The van der Waals surface area contributed by atoms with Crippen molar-refractivity contribution in [2.24, 2.45) is 5.73 Å². The lowest BCUT2D eigenvalue weighted by Gasteiger charge is -2.27. The minimum absolute atomic E-state index is 0.0762. The van der Waals surface area contributed by atoms with Crippen molar-refractivity contribution in [1.82, 2.24) is 0 Å². The molecule has 0 unspecified atom stereocenters. The maximum atomic E-state index is 11.6. The van der Waals surface area contributed by atoms with Gasteiger partial charge in [-0.3, -0.25) is 4.79 Å². The van der Waals surface area contributed by atoms with E-state index in [4.69, 9.17) is 5.73 Å². The summed E-state index contributed by atoms with van der Waals surface area (Å²) in [5, 5.41) is 19.9. The van der Waals surface area contributed by atoms with Crippen molar-refractivity contribution in [3.63, 3.8) is 0 Å². The number of nitrogens with zero attached hydrogens (tertiary/aromatic N) is 4. The number of nitrogens with two attached hydrogens (primary N) is 1. The van der Waals surface area contributed by atoms with Crippen molar-refractivity contribution in [2.45, 2.75) is 142 Å². The second-order valence-corrected chi connectivity index (χ2v) is 27.7. The molecule has 0 radical (unpaired) electrons. The molecule has 0 amide bonds. The molecule has 0 aromatic heterocycles. The van der Waals surface area contributed by atoms with E-state index in [0.717, 1.165) is 37.4 Å². The van der Waals surface area contributed by atoms with E-state index in [-0.39, 0.29) is 28.1 Å². The molecule has 3 N–H and O–H groups in total. The third kappa shape index (κ3) is 12.9. The number of aliphatic carboxylic acids is 1. The van der Waals surface area contributed by atoms with Crippen LogP contribution in [0.5, 0.6) is 0 Å². The first-order valence-electron chi connectivity index (χ1n) is 34.3. The van der Waals surface area contributed by atoms with Gasteiger partial charge in [0, 0.05) is 94.9 Å². The number of hydrogen-bond donors (Lipinski definition) is 2. The normalized spacial score (nSPS) is 17.8. The molecule has 476 valence electrons. The standard InChI is InChI=1S/C43H50N3.C43H46N2O2/c1-6-7-17-30-45-36-27-25-32-19-13-15-21-34(32)40(36)42(2,3)38(45)23-11-9-8-10-12-24-39-43(4,5)41-35-22-16-14-20-33(35)26-28-37(41)46(39)31-18-29-44;1-6-7-17-29-44-35-26-24-31-18-13-15-20-33(31)40(35)42(2,3)37(44)22-11-9-8-10-12-23-38-43(4,5)41-34-21-16-14-19-32(34)25-27-36(41)45(38)30-28-39(46)47/h8-16,19-28H,6-7,17-18,29-31,44H2,1-5H3;8-16,18-27H,6-7,17,28-30H2,1-5H3/q+1;/p+1. The summed E-state index contributed by atoms with van der Waals surface area (Å²) in [4.78, 5) is 16.3. The predicted octanol–water partition coefficient (Wildman–Crippen LogP) is 20.6. The Morgan fingerprint density at radius 2 is 0.785 bits per heavy atom. The third-order valence-electron chi connectivity index (χ3n) is 20.0. The third-order valence-corrected chi connectivity index (χ3v) is 20.0. The maximum absolute atomic E-state index is 11.6. The van der Waals surface area contributed by atoms with Crippen LogP contribution in [0.25, 0.3) is 43.1 Å². The highest BCUT2D eigenvalue weighted by Crippen LogP contribution is 2.53. The van der Waals surface area contributed by atoms with Gasteiger partial charge in [0.25, 0.3) is 0 Å². The molecule has 0 aliphatic carbocycles. The molecule has 7 nitrogen and oxygen atoms in total. The molecule has 12 rings (SSSR count). The van der Waals surface area contributed by atoms with Crippen molar-refractivity contribution >= 4 is 83.2 Å². The van der Waals surface area contributed by atoms with E-state index < -0.39 is 5.97 Å². The van der Waals surface area contributed by atoms with Crippen LogP contribution in [0.3, 0.4) is 0 Å². The number of rotatable bonds is 22. The Morgan fingerprint density at radius 3 is 1.20 bits per heavy atom. The molecule has 4 heterocycles. The topological polar surface area (TPSA) is 75.8 Å². The van der Waals surface area contributed by atoms with Crippen LogP contribution in [0.4, 0.5) is 22.7 Å². The lowest BCUT2D eigenvalue weighted by molar-refractivity contribution is -0.438. The van der Waals surface area contributed by atoms with Crippen LogP contribution >= 0.6 is 0 Å². The van der Waals surface area contributed by atoms with Crippen LogP contribution in [-0.2, 0) is 26.5 Å². The smallest absolute Gasteiger partial charge is 0.305 e. The lowest BCUT2D eigenvalue weighted by atomic mass is 9.79. The zero-order chi connectivity index (χ0) is 65.5. The fourth-order valence-corrected chi connectivity index (χ4v) is 15.6. The number of anilines is 2. The Kier molecular flexibility index (Phi) is 19.8. The highest BCUT2D eigenvalue weighted by Gasteiger charge is 2.47. The molecule has 7 heteroatoms. The monoisotopic (exact) mass is 1230 g/mol. The lowest BCUT2D eigenvalue weighted by Crippen LogP contribution is -2.28. The van der Waals surface area contributed by atoms with Crippen LogP contribution in [0, 0.1) is 0 Å². The minimum atomic E-state index is -0.787. The number of carboxylic acid groups (broad SMARTS) is 1. The highest BCUT2D eigenvalue weighted by atomic mass is 16.4. The molecule has 0 spiro atoms. The Morgan fingerprint density at radius 1 is 0.419 bits per heavy atom. The van der Waals surface area contributed by atoms with Gasteiger partial charge in [0.2, 0.25) is 11.4 Å².